The van der Waals surface area contributed by atoms with Crippen LogP contribution in [0.3, 0.4) is 0 Å². The smallest absolute Gasteiger partial charge is 0.247 e. The number of hydrogen-bond acceptors (Lipinski definition) is 4. The molecule has 6 heteroatoms. The molecule has 0 spiro atoms. The van der Waals surface area contributed by atoms with E-state index < -0.39 is 0 Å². The highest BCUT2D eigenvalue weighted by Gasteiger charge is 2.28. The number of halogens is 1. The Bertz CT molecular complexity index is 903. The first kappa shape index (κ1) is 19.4. The Morgan fingerprint density at radius 2 is 2.07 bits per heavy atom. The summed E-state index contributed by atoms with van der Waals surface area (Å²) in [7, 11) is 1.52. The van der Waals surface area contributed by atoms with Gasteiger partial charge >= 0.3 is 0 Å². The molecule has 1 aliphatic heterocycles. The number of ether oxygens (including phenoxy) is 2. The van der Waals surface area contributed by atoms with E-state index in [0.717, 1.165) is 24.0 Å². The zero-order valence-corrected chi connectivity index (χ0v) is 15.6. The Balaban J connectivity index is 1.72. The van der Waals surface area contributed by atoms with Crippen molar-refractivity contribution in [2.75, 3.05) is 20.3 Å². The number of methoxy groups -OCH3 is 1. The third-order valence-electron chi connectivity index (χ3n) is 4.69. The van der Waals surface area contributed by atoms with Crippen LogP contribution in [-0.4, -0.2) is 31.1 Å². The van der Waals surface area contributed by atoms with Gasteiger partial charge in [-0.15, -0.1) is 0 Å². The molecule has 5 nitrogen and oxygen atoms in total. The maximum atomic E-state index is 13.2. The zero-order chi connectivity index (χ0) is 19.9. The number of carbonyl (C=O) groups excluding carboxylic acids is 1. The number of likely N-dealkylation sites (tertiary alicyclic amines) is 1. The van der Waals surface area contributed by atoms with Gasteiger partial charge in [0.05, 0.1) is 13.2 Å². The molecule has 1 saturated heterocycles. The van der Waals surface area contributed by atoms with E-state index in [1.54, 1.807) is 36.4 Å². The standard InChI is InChI=1S/C22H21FN2O3/c1-27-21-15-16(4-10-20(21)28-14-12-24)5-11-22(26)25-13-2-3-19(25)17-6-8-18(23)9-7-17/h4-11,15,19H,2-3,13-14H2,1H3/b11-5+. The van der Waals surface area contributed by atoms with Gasteiger partial charge in [-0.25, -0.2) is 4.39 Å². The van der Waals surface area contributed by atoms with Crippen LogP contribution in [0.5, 0.6) is 11.5 Å². The molecule has 0 aliphatic carbocycles. The summed E-state index contributed by atoms with van der Waals surface area (Å²) in [5.74, 6) is 0.602. The number of rotatable bonds is 6. The molecule has 0 N–H and O–H groups in total. The predicted molar refractivity (Wildman–Crippen MR) is 103 cm³/mol. The minimum Gasteiger partial charge on any atom is -0.493 e. The van der Waals surface area contributed by atoms with Crippen LogP contribution in [0.1, 0.15) is 30.0 Å². The number of amides is 1. The van der Waals surface area contributed by atoms with Crippen molar-refractivity contribution in [2.45, 2.75) is 18.9 Å². The minimum atomic E-state index is -0.282. The maximum absolute atomic E-state index is 13.2. The van der Waals surface area contributed by atoms with Gasteiger partial charge in [0.1, 0.15) is 11.9 Å². The lowest BCUT2D eigenvalue weighted by molar-refractivity contribution is -0.126. The summed E-state index contributed by atoms with van der Waals surface area (Å²) in [5, 5.41) is 8.62. The lowest BCUT2D eigenvalue weighted by Gasteiger charge is -2.23. The molecular weight excluding hydrogens is 359 g/mol. The highest BCUT2D eigenvalue weighted by atomic mass is 19.1. The normalized spacial score (nSPS) is 16.2. The lowest BCUT2D eigenvalue weighted by atomic mass is 10.0. The van der Waals surface area contributed by atoms with E-state index in [1.165, 1.54) is 25.3 Å². The van der Waals surface area contributed by atoms with Gasteiger partial charge in [-0.3, -0.25) is 4.79 Å². The molecule has 0 bridgehead atoms. The predicted octanol–water partition coefficient (Wildman–Crippen LogP) is 4.11. The van der Waals surface area contributed by atoms with E-state index in [-0.39, 0.29) is 24.4 Å². The minimum absolute atomic E-state index is 0.0333. The van der Waals surface area contributed by atoms with Crippen LogP contribution in [0.4, 0.5) is 4.39 Å². The van der Waals surface area contributed by atoms with E-state index in [1.807, 2.05) is 11.0 Å². The lowest BCUT2D eigenvalue weighted by Crippen LogP contribution is -2.28. The average molecular weight is 380 g/mol. The largest absolute Gasteiger partial charge is 0.493 e. The average Bonchev–Trinajstić information content (AvgIpc) is 3.21. The highest BCUT2D eigenvalue weighted by molar-refractivity contribution is 5.92. The fraction of sp³-hybridized carbons (Fsp3) is 0.273. The Morgan fingerprint density at radius 3 is 2.79 bits per heavy atom. The molecule has 144 valence electrons. The molecule has 3 rings (SSSR count). The van der Waals surface area contributed by atoms with Crippen LogP contribution >= 0.6 is 0 Å². The second kappa shape index (κ2) is 9.05. The van der Waals surface area contributed by atoms with Crippen LogP contribution in [0.25, 0.3) is 6.08 Å². The summed E-state index contributed by atoms with van der Waals surface area (Å²) < 4.78 is 23.7. The third kappa shape index (κ3) is 4.49. The Morgan fingerprint density at radius 1 is 1.29 bits per heavy atom. The fourth-order valence-electron chi connectivity index (χ4n) is 3.34. The van der Waals surface area contributed by atoms with Crippen molar-refractivity contribution >= 4 is 12.0 Å². The van der Waals surface area contributed by atoms with Crippen LogP contribution in [0.2, 0.25) is 0 Å². The zero-order valence-electron chi connectivity index (χ0n) is 15.6. The van der Waals surface area contributed by atoms with Crippen molar-refractivity contribution in [3.8, 4) is 17.6 Å². The van der Waals surface area contributed by atoms with Gasteiger partial charge in [-0.2, -0.15) is 5.26 Å². The van der Waals surface area contributed by atoms with E-state index >= 15 is 0 Å². The molecule has 0 aromatic heterocycles. The summed E-state index contributed by atoms with van der Waals surface area (Å²) >= 11 is 0. The van der Waals surface area contributed by atoms with Crippen LogP contribution in [0, 0.1) is 17.1 Å². The first-order chi connectivity index (χ1) is 13.6. The second-order valence-corrected chi connectivity index (χ2v) is 6.43. The van der Waals surface area contributed by atoms with Crippen molar-refractivity contribution < 1.29 is 18.7 Å². The fourth-order valence-corrected chi connectivity index (χ4v) is 3.34. The molecule has 1 aliphatic rings. The third-order valence-corrected chi connectivity index (χ3v) is 4.69. The Kier molecular flexibility index (Phi) is 6.28. The molecule has 1 atom stereocenters. The number of nitrogens with zero attached hydrogens (tertiary/aromatic N) is 2. The van der Waals surface area contributed by atoms with Crippen molar-refractivity contribution in [1.29, 1.82) is 5.26 Å². The van der Waals surface area contributed by atoms with Gasteiger partial charge < -0.3 is 14.4 Å². The van der Waals surface area contributed by atoms with Crippen molar-refractivity contribution in [3.05, 3.63) is 65.5 Å². The van der Waals surface area contributed by atoms with Gasteiger partial charge in [0.15, 0.2) is 18.1 Å². The second-order valence-electron chi connectivity index (χ2n) is 6.43. The quantitative estimate of drug-likeness (QED) is 0.708. The summed E-state index contributed by atoms with van der Waals surface area (Å²) in [6, 6.07) is 13.4. The molecule has 1 heterocycles. The highest BCUT2D eigenvalue weighted by Crippen LogP contribution is 2.32. The van der Waals surface area contributed by atoms with Crippen molar-refractivity contribution in [1.82, 2.24) is 4.90 Å². The first-order valence-corrected chi connectivity index (χ1v) is 9.04. The molecular formula is C22H21FN2O3. The monoisotopic (exact) mass is 380 g/mol. The van der Waals surface area contributed by atoms with Gasteiger partial charge in [-0.1, -0.05) is 18.2 Å². The van der Waals surface area contributed by atoms with Gasteiger partial charge in [0, 0.05) is 12.6 Å². The number of benzene rings is 2. The van der Waals surface area contributed by atoms with E-state index in [0.29, 0.717) is 18.0 Å². The van der Waals surface area contributed by atoms with Crippen molar-refractivity contribution in [2.24, 2.45) is 0 Å². The molecule has 1 fully saturated rings. The summed E-state index contributed by atoms with van der Waals surface area (Å²) in [6.45, 7) is 0.610. The van der Waals surface area contributed by atoms with Gasteiger partial charge in [-0.05, 0) is 54.3 Å². The Hall–Kier alpha value is -3.33. The topological polar surface area (TPSA) is 62.6 Å². The van der Waals surface area contributed by atoms with E-state index in [9.17, 15) is 9.18 Å². The van der Waals surface area contributed by atoms with Gasteiger partial charge in [0.2, 0.25) is 5.91 Å². The number of carbonyl (C=O) groups is 1. The molecule has 0 radical (unpaired) electrons. The molecule has 0 saturated carbocycles. The molecule has 1 unspecified atom stereocenters. The molecule has 28 heavy (non-hydrogen) atoms. The van der Waals surface area contributed by atoms with Crippen LogP contribution < -0.4 is 9.47 Å². The first-order valence-electron chi connectivity index (χ1n) is 9.04. The summed E-state index contributed by atoms with van der Waals surface area (Å²) in [5.41, 5.74) is 1.73. The molecule has 2 aromatic rings. The summed E-state index contributed by atoms with van der Waals surface area (Å²) in [6.07, 6.45) is 5.04. The summed E-state index contributed by atoms with van der Waals surface area (Å²) in [4.78, 5) is 14.5. The SMILES string of the molecule is COc1cc(/C=C/C(=O)N2CCCC2c2ccc(F)cc2)ccc1OCC#N. The van der Waals surface area contributed by atoms with E-state index in [4.69, 9.17) is 14.7 Å². The molecule has 1 amide bonds. The number of nitriles is 1. The van der Waals surface area contributed by atoms with Gasteiger partial charge in [0.25, 0.3) is 0 Å². The van der Waals surface area contributed by atoms with E-state index in [2.05, 4.69) is 0 Å². The van der Waals surface area contributed by atoms with Crippen LogP contribution in [0.15, 0.2) is 48.5 Å². The maximum Gasteiger partial charge on any atom is 0.247 e. The molecule has 2 aromatic carbocycles. The van der Waals surface area contributed by atoms with Crippen LogP contribution in [-0.2, 0) is 4.79 Å². The van der Waals surface area contributed by atoms with Crippen molar-refractivity contribution in [3.63, 3.8) is 0 Å². The Labute approximate surface area is 163 Å². The number of hydrogen-bond donors (Lipinski definition) is 0.